The van der Waals surface area contributed by atoms with E-state index >= 15 is 0 Å². The third-order valence-corrected chi connectivity index (χ3v) is 6.76. The quantitative estimate of drug-likeness (QED) is 0.587. The van der Waals surface area contributed by atoms with Crippen molar-refractivity contribution in [2.24, 2.45) is 0 Å². The smallest absolute Gasteiger partial charge is 0.237 e. The van der Waals surface area contributed by atoms with Gasteiger partial charge >= 0.3 is 0 Å². The van der Waals surface area contributed by atoms with Gasteiger partial charge in [-0.15, -0.1) is 0 Å². The van der Waals surface area contributed by atoms with Gasteiger partial charge in [0.2, 0.25) is 17.8 Å². The molecular weight excluding hydrogens is 432 g/mol. The molecular formula is C24H32N8O2. The summed E-state index contributed by atoms with van der Waals surface area (Å²) in [6, 6.07) is 4.05. The Hall–Kier alpha value is -3.27. The van der Waals surface area contributed by atoms with Crippen LogP contribution in [0.3, 0.4) is 0 Å². The van der Waals surface area contributed by atoms with Crippen molar-refractivity contribution >= 4 is 35.1 Å². The second kappa shape index (κ2) is 10.3. The molecule has 180 valence electrons. The number of rotatable bonds is 4. The van der Waals surface area contributed by atoms with Crippen LogP contribution < -0.4 is 25.8 Å². The highest BCUT2D eigenvalue weighted by Crippen LogP contribution is 2.31. The maximum absolute atomic E-state index is 13.2. The number of pyridine rings is 1. The number of carbonyl (C=O) groups excluding carboxylic acids is 2. The molecule has 5 rings (SSSR count). The Morgan fingerprint density at radius 2 is 1.79 bits per heavy atom. The van der Waals surface area contributed by atoms with Crippen molar-refractivity contribution in [3.63, 3.8) is 0 Å². The normalized spacial score (nSPS) is 20.1. The third kappa shape index (κ3) is 5.11. The molecule has 3 aliphatic rings. The van der Waals surface area contributed by atoms with Crippen molar-refractivity contribution in [2.45, 2.75) is 51.0 Å². The first-order chi connectivity index (χ1) is 16.7. The Bertz CT molecular complexity index is 1020. The molecule has 0 spiro atoms. The lowest BCUT2D eigenvalue weighted by atomic mass is 10.1. The molecule has 10 nitrogen and oxygen atoms in total. The van der Waals surface area contributed by atoms with E-state index in [-0.39, 0.29) is 24.3 Å². The van der Waals surface area contributed by atoms with Gasteiger partial charge in [-0.2, -0.15) is 4.98 Å². The fourth-order valence-corrected chi connectivity index (χ4v) is 4.98. The summed E-state index contributed by atoms with van der Waals surface area (Å²) < 4.78 is 0. The molecule has 10 heteroatoms. The molecule has 0 aromatic carbocycles. The Kier molecular flexibility index (Phi) is 6.84. The predicted octanol–water partition coefficient (Wildman–Crippen LogP) is 1.75. The van der Waals surface area contributed by atoms with Crippen molar-refractivity contribution in [3.05, 3.63) is 30.1 Å². The number of nitrogens with zero attached hydrogens (tertiary/aromatic N) is 5. The number of nitrogens with one attached hydrogen (secondary N) is 3. The van der Waals surface area contributed by atoms with Crippen molar-refractivity contribution in [3.8, 4) is 0 Å². The molecule has 1 saturated carbocycles. The summed E-state index contributed by atoms with van der Waals surface area (Å²) in [5.74, 6) is 1.25. The number of hydrogen-bond donors (Lipinski definition) is 3. The van der Waals surface area contributed by atoms with Crippen LogP contribution in [-0.4, -0.2) is 65.5 Å². The van der Waals surface area contributed by atoms with Gasteiger partial charge in [0, 0.05) is 50.5 Å². The van der Waals surface area contributed by atoms with Gasteiger partial charge in [-0.3, -0.25) is 14.5 Å². The third-order valence-electron chi connectivity index (χ3n) is 6.76. The van der Waals surface area contributed by atoms with Crippen LogP contribution in [0.5, 0.6) is 0 Å². The highest BCUT2D eigenvalue weighted by atomic mass is 16.2. The molecule has 2 aliphatic heterocycles. The molecule has 2 aromatic rings. The number of amides is 2. The zero-order valence-electron chi connectivity index (χ0n) is 19.4. The van der Waals surface area contributed by atoms with E-state index in [0.29, 0.717) is 30.5 Å². The van der Waals surface area contributed by atoms with E-state index in [1.54, 1.807) is 11.1 Å². The Balaban J connectivity index is 1.40. The van der Waals surface area contributed by atoms with Gasteiger partial charge in [0.25, 0.3) is 0 Å². The second-order valence-electron chi connectivity index (χ2n) is 9.14. The van der Waals surface area contributed by atoms with Crippen molar-refractivity contribution < 1.29 is 9.59 Å². The summed E-state index contributed by atoms with van der Waals surface area (Å²) >= 11 is 0. The van der Waals surface area contributed by atoms with Gasteiger partial charge < -0.3 is 20.9 Å². The largest absolute Gasteiger partial charge is 0.368 e. The number of carbonyl (C=O) groups is 2. The van der Waals surface area contributed by atoms with Crippen molar-refractivity contribution in [1.82, 2.24) is 25.6 Å². The van der Waals surface area contributed by atoms with E-state index in [0.717, 1.165) is 69.5 Å². The summed E-state index contributed by atoms with van der Waals surface area (Å²) in [6.07, 6.45) is 8.99. The average molecular weight is 465 g/mol. The Morgan fingerprint density at radius 3 is 2.56 bits per heavy atom. The van der Waals surface area contributed by atoms with Crippen LogP contribution in [0.4, 0.5) is 23.3 Å². The van der Waals surface area contributed by atoms with Gasteiger partial charge in [-0.05, 0) is 37.8 Å². The number of piperazine rings is 1. The fraction of sp³-hybridized carbons (Fsp3) is 0.542. The van der Waals surface area contributed by atoms with Gasteiger partial charge in [0.15, 0.2) is 0 Å². The maximum atomic E-state index is 13.2. The van der Waals surface area contributed by atoms with E-state index in [1.807, 2.05) is 12.3 Å². The zero-order chi connectivity index (χ0) is 23.3. The first-order valence-electron chi connectivity index (χ1n) is 12.3. The summed E-state index contributed by atoms with van der Waals surface area (Å²) in [5.41, 5.74) is 2.03. The van der Waals surface area contributed by atoms with Gasteiger partial charge in [0.1, 0.15) is 18.1 Å². The molecule has 2 fully saturated rings. The lowest BCUT2D eigenvalue weighted by Crippen LogP contribution is -2.43. The molecule has 34 heavy (non-hydrogen) atoms. The summed E-state index contributed by atoms with van der Waals surface area (Å²) in [6.45, 7) is 4.41. The zero-order valence-corrected chi connectivity index (χ0v) is 19.4. The van der Waals surface area contributed by atoms with Gasteiger partial charge in [0.05, 0.1) is 11.9 Å². The molecule has 0 bridgehead atoms. The van der Waals surface area contributed by atoms with Crippen LogP contribution in [0.1, 0.15) is 44.1 Å². The number of aromatic nitrogens is 3. The van der Waals surface area contributed by atoms with Crippen LogP contribution in [-0.2, 0) is 16.0 Å². The number of aryl methyl sites for hydroxylation is 1. The van der Waals surface area contributed by atoms with E-state index in [9.17, 15) is 9.59 Å². The molecule has 1 aliphatic carbocycles. The monoisotopic (exact) mass is 464 g/mol. The second-order valence-corrected chi connectivity index (χ2v) is 9.14. The van der Waals surface area contributed by atoms with E-state index in [1.165, 1.54) is 0 Å². The minimum absolute atomic E-state index is 0.0673. The summed E-state index contributed by atoms with van der Waals surface area (Å²) in [5, 5.41) is 9.40. The van der Waals surface area contributed by atoms with Gasteiger partial charge in [-0.1, -0.05) is 12.8 Å². The van der Waals surface area contributed by atoms with Crippen LogP contribution in [0.25, 0.3) is 0 Å². The lowest BCUT2D eigenvalue weighted by molar-refractivity contribution is -0.128. The number of hydrogen-bond acceptors (Lipinski definition) is 8. The average Bonchev–Trinajstić information content (AvgIpc) is 3.38. The minimum Gasteiger partial charge on any atom is -0.368 e. The summed E-state index contributed by atoms with van der Waals surface area (Å²) in [4.78, 5) is 43.4. The van der Waals surface area contributed by atoms with Gasteiger partial charge in [-0.25, -0.2) is 9.97 Å². The first-order valence-corrected chi connectivity index (χ1v) is 12.3. The molecule has 0 radical (unpaired) electrons. The van der Waals surface area contributed by atoms with Crippen molar-refractivity contribution in [2.75, 3.05) is 47.8 Å². The Labute approximate surface area is 199 Å². The fourth-order valence-electron chi connectivity index (χ4n) is 4.98. The topological polar surface area (TPSA) is 115 Å². The van der Waals surface area contributed by atoms with Crippen molar-refractivity contribution in [1.29, 1.82) is 0 Å². The molecule has 4 heterocycles. The van der Waals surface area contributed by atoms with E-state index in [2.05, 4.69) is 36.9 Å². The molecule has 3 N–H and O–H groups in total. The molecule has 0 unspecified atom stereocenters. The van der Waals surface area contributed by atoms with Crippen LogP contribution >= 0.6 is 0 Å². The maximum Gasteiger partial charge on any atom is 0.237 e. The molecule has 2 amide bonds. The molecule has 2 aromatic heterocycles. The standard InChI is InChI=1S/C24H32N8O2/c33-21-14-22(34)32(18-5-1-2-6-18)23-17(4-3-9-26-21)15-28-24(30-23)29-20-8-7-19(16-27-20)31-12-10-25-11-13-31/h7-8,15-16,18,25H,1-6,9-14H2,(H,26,33)(H,27,28,29,30). The van der Waals surface area contributed by atoms with Crippen LogP contribution in [0, 0.1) is 0 Å². The predicted molar refractivity (Wildman–Crippen MR) is 130 cm³/mol. The van der Waals surface area contributed by atoms with E-state index < -0.39 is 0 Å². The lowest BCUT2D eigenvalue weighted by Gasteiger charge is -2.30. The SMILES string of the molecule is O=C1CC(=O)N(C2CCCC2)c2nc(Nc3ccc(N4CCNCC4)cn3)ncc2CCCN1. The number of anilines is 4. The van der Waals surface area contributed by atoms with Crippen LogP contribution in [0.2, 0.25) is 0 Å². The summed E-state index contributed by atoms with van der Waals surface area (Å²) in [7, 11) is 0. The van der Waals surface area contributed by atoms with Crippen LogP contribution in [0.15, 0.2) is 24.5 Å². The first kappa shape index (κ1) is 22.5. The molecule has 0 atom stereocenters. The van der Waals surface area contributed by atoms with E-state index in [4.69, 9.17) is 4.98 Å². The highest BCUT2D eigenvalue weighted by molar-refractivity contribution is 6.05. The minimum atomic E-state index is -0.224. The Morgan fingerprint density at radius 1 is 0.971 bits per heavy atom. The highest BCUT2D eigenvalue weighted by Gasteiger charge is 2.32. The molecule has 1 saturated heterocycles. The number of fused-ring (bicyclic) bond motifs is 1.